The van der Waals surface area contributed by atoms with Crippen molar-refractivity contribution in [3.05, 3.63) is 29.8 Å². The lowest BCUT2D eigenvalue weighted by Crippen LogP contribution is -2.43. The van der Waals surface area contributed by atoms with Crippen molar-refractivity contribution in [2.45, 2.75) is 13.0 Å². The maximum absolute atomic E-state index is 12.6. The van der Waals surface area contributed by atoms with Crippen LogP contribution in [0.15, 0.2) is 24.3 Å². The summed E-state index contributed by atoms with van der Waals surface area (Å²) in [6.45, 7) is 3.03. The molecule has 1 N–H and O–H groups in total. The lowest BCUT2D eigenvalue weighted by molar-refractivity contribution is 0.367. The van der Waals surface area contributed by atoms with Crippen LogP contribution in [0.2, 0.25) is 0 Å². The van der Waals surface area contributed by atoms with Crippen molar-refractivity contribution < 1.29 is 13.2 Å². The summed E-state index contributed by atoms with van der Waals surface area (Å²) >= 11 is 0. The normalized spacial score (nSPS) is 17.7. The molecule has 0 amide bonds. The Morgan fingerprint density at radius 3 is 2.62 bits per heavy atom. The van der Waals surface area contributed by atoms with Crippen LogP contribution in [0.25, 0.3) is 0 Å². The number of hydrogen-bond acceptors (Lipinski definition) is 4. The smallest absolute Gasteiger partial charge is 0.282 e. The SMILES string of the molecule is COc1ccc(CN(C)S(=O)(=O)N2CCCNCC2)cc1. The van der Waals surface area contributed by atoms with Crippen molar-refractivity contribution in [1.29, 1.82) is 0 Å². The van der Waals surface area contributed by atoms with Crippen molar-refractivity contribution in [1.82, 2.24) is 13.9 Å². The van der Waals surface area contributed by atoms with Crippen molar-refractivity contribution in [3.63, 3.8) is 0 Å². The Kier molecular flexibility index (Phi) is 5.58. The molecule has 0 bridgehead atoms. The number of nitrogens with zero attached hydrogens (tertiary/aromatic N) is 2. The van der Waals surface area contributed by atoms with Gasteiger partial charge in [0.2, 0.25) is 0 Å². The molecular weight excluding hydrogens is 290 g/mol. The van der Waals surface area contributed by atoms with Gasteiger partial charge in [0, 0.05) is 33.2 Å². The second-order valence-electron chi connectivity index (χ2n) is 5.11. The van der Waals surface area contributed by atoms with Gasteiger partial charge in [0.25, 0.3) is 10.2 Å². The molecular formula is C14H23N3O3S. The van der Waals surface area contributed by atoms with Gasteiger partial charge in [-0.2, -0.15) is 17.0 Å². The van der Waals surface area contributed by atoms with E-state index in [1.165, 1.54) is 4.31 Å². The molecule has 6 nitrogen and oxygen atoms in total. The highest BCUT2D eigenvalue weighted by atomic mass is 32.2. The third kappa shape index (κ3) is 4.16. The van der Waals surface area contributed by atoms with Crippen LogP contribution in [0.5, 0.6) is 5.75 Å². The molecule has 1 aliphatic heterocycles. The predicted molar refractivity (Wildman–Crippen MR) is 82.4 cm³/mol. The first-order valence-electron chi connectivity index (χ1n) is 7.09. The number of rotatable bonds is 5. The van der Waals surface area contributed by atoms with Gasteiger partial charge in [0.15, 0.2) is 0 Å². The van der Waals surface area contributed by atoms with E-state index in [2.05, 4.69) is 5.32 Å². The van der Waals surface area contributed by atoms with Crippen molar-refractivity contribution >= 4 is 10.2 Å². The summed E-state index contributed by atoms with van der Waals surface area (Å²) in [5.41, 5.74) is 0.940. The molecule has 1 aromatic carbocycles. The first-order chi connectivity index (χ1) is 10.0. The number of benzene rings is 1. The van der Waals surface area contributed by atoms with Gasteiger partial charge in [0.1, 0.15) is 5.75 Å². The summed E-state index contributed by atoms with van der Waals surface area (Å²) in [5, 5.41) is 3.21. The molecule has 118 valence electrons. The van der Waals surface area contributed by atoms with E-state index in [0.29, 0.717) is 26.2 Å². The van der Waals surface area contributed by atoms with Crippen molar-refractivity contribution in [2.24, 2.45) is 0 Å². The number of nitrogens with one attached hydrogen (secondary N) is 1. The zero-order chi connectivity index (χ0) is 15.3. The van der Waals surface area contributed by atoms with E-state index >= 15 is 0 Å². The lowest BCUT2D eigenvalue weighted by atomic mass is 10.2. The van der Waals surface area contributed by atoms with Gasteiger partial charge in [-0.1, -0.05) is 12.1 Å². The molecule has 0 radical (unpaired) electrons. The summed E-state index contributed by atoms with van der Waals surface area (Å²) < 4.78 is 33.2. The van der Waals surface area contributed by atoms with E-state index in [0.717, 1.165) is 24.3 Å². The highest BCUT2D eigenvalue weighted by Crippen LogP contribution is 2.16. The van der Waals surface area contributed by atoms with E-state index in [9.17, 15) is 8.42 Å². The minimum Gasteiger partial charge on any atom is -0.497 e. The van der Waals surface area contributed by atoms with Gasteiger partial charge in [-0.3, -0.25) is 0 Å². The molecule has 1 aromatic rings. The fourth-order valence-corrected chi connectivity index (χ4v) is 3.71. The highest BCUT2D eigenvalue weighted by molar-refractivity contribution is 7.86. The van der Waals surface area contributed by atoms with E-state index in [1.807, 2.05) is 24.3 Å². The molecule has 21 heavy (non-hydrogen) atoms. The lowest BCUT2D eigenvalue weighted by Gasteiger charge is -2.26. The molecule has 1 heterocycles. The fourth-order valence-electron chi connectivity index (χ4n) is 2.32. The average Bonchev–Trinajstić information content (AvgIpc) is 2.77. The van der Waals surface area contributed by atoms with Gasteiger partial charge < -0.3 is 10.1 Å². The second-order valence-corrected chi connectivity index (χ2v) is 7.15. The van der Waals surface area contributed by atoms with Crippen LogP contribution in [0, 0.1) is 0 Å². The van der Waals surface area contributed by atoms with Crippen LogP contribution in [0.4, 0.5) is 0 Å². The minimum absolute atomic E-state index is 0.357. The van der Waals surface area contributed by atoms with Gasteiger partial charge in [0.05, 0.1) is 7.11 Å². The largest absolute Gasteiger partial charge is 0.497 e. The van der Waals surface area contributed by atoms with Crippen LogP contribution in [-0.4, -0.2) is 57.4 Å². The predicted octanol–water partition coefficient (Wildman–Crippen LogP) is 0.667. The molecule has 0 aromatic heterocycles. The maximum Gasteiger partial charge on any atom is 0.282 e. The highest BCUT2D eigenvalue weighted by Gasteiger charge is 2.27. The third-order valence-electron chi connectivity index (χ3n) is 3.58. The van der Waals surface area contributed by atoms with Crippen LogP contribution in [0.1, 0.15) is 12.0 Å². The number of methoxy groups -OCH3 is 1. The first kappa shape index (κ1) is 16.2. The standard InChI is InChI=1S/C14H23N3O3S/c1-16(12-13-4-6-14(20-2)7-5-13)21(18,19)17-10-3-8-15-9-11-17/h4-7,15H,3,8-12H2,1-2H3. The third-order valence-corrected chi connectivity index (χ3v) is 5.52. The number of ether oxygens (including phenoxy) is 1. The Labute approximate surface area is 126 Å². The monoisotopic (exact) mass is 313 g/mol. The summed E-state index contributed by atoms with van der Waals surface area (Å²) in [6.07, 6.45) is 0.843. The molecule has 0 atom stereocenters. The molecule has 7 heteroatoms. The summed E-state index contributed by atoms with van der Waals surface area (Å²) in [6, 6.07) is 7.45. The van der Waals surface area contributed by atoms with E-state index in [-0.39, 0.29) is 0 Å². The van der Waals surface area contributed by atoms with Gasteiger partial charge in [-0.15, -0.1) is 0 Å². The Bertz CT molecular complexity index is 537. The topological polar surface area (TPSA) is 61.9 Å². The van der Waals surface area contributed by atoms with Crippen LogP contribution in [-0.2, 0) is 16.8 Å². The zero-order valence-corrected chi connectivity index (χ0v) is 13.4. The Hall–Kier alpha value is -1.15. The first-order valence-corrected chi connectivity index (χ1v) is 8.49. The molecule has 1 saturated heterocycles. The molecule has 2 rings (SSSR count). The molecule has 1 fully saturated rings. The maximum atomic E-state index is 12.6. The van der Waals surface area contributed by atoms with Crippen molar-refractivity contribution in [3.8, 4) is 5.75 Å². The minimum atomic E-state index is -3.40. The Morgan fingerprint density at radius 2 is 1.95 bits per heavy atom. The van der Waals surface area contributed by atoms with Crippen LogP contribution < -0.4 is 10.1 Å². The molecule has 0 aliphatic carbocycles. The summed E-state index contributed by atoms with van der Waals surface area (Å²) in [4.78, 5) is 0. The Morgan fingerprint density at radius 1 is 1.24 bits per heavy atom. The van der Waals surface area contributed by atoms with Gasteiger partial charge in [-0.25, -0.2) is 0 Å². The van der Waals surface area contributed by atoms with Gasteiger partial charge >= 0.3 is 0 Å². The van der Waals surface area contributed by atoms with Crippen molar-refractivity contribution in [2.75, 3.05) is 40.3 Å². The molecule has 0 unspecified atom stereocenters. The van der Waals surface area contributed by atoms with Crippen LogP contribution >= 0.6 is 0 Å². The molecule has 0 spiro atoms. The fraction of sp³-hybridized carbons (Fsp3) is 0.571. The second kappa shape index (κ2) is 7.22. The zero-order valence-electron chi connectivity index (χ0n) is 12.6. The van der Waals surface area contributed by atoms with E-state index in [1.54, 1.807) is 18.5 Å². The van der Waals surface area contributed by atoms with Crippen LogP contribution in [0.3, 0.4) is 0 Å². The molecule has 1 aliphatic rings. The Balaban J connectivity index is 2.04. The average molecular weight is 313 g/mol. The quantitative estimate of drug-likeness (QED) is 0.868. The molecule has 0 saturated carbocycles. The number of hydrogen-bond donors (Lipinski definition) is 1. The summed E-state index contributed by atoms with van der Waals surface area (Å²) in [5.74, 6) is 0.767. The van der Waals surface area contributed by atoms with E-state index < -0.39 is 10.2 Å². The van der Waals surface area contributed by atoms with Gasteiger partial charge in [-0.05, 0) is 30.7 Å². The van der Waals surface area contributed by atoms with E-state index in [4.69, 9.17) is 4.74 Å². The summed E-state index contributed by atoms with van der Waals surface area (Å²) in [7, 11) is -0.171.